The van der Waals surface area contributed by atoms with Crippen molar-refractivity contribution in [2.75, 3.05) is 11.9 Å². The quantitative estimate of drug-likeness (QED) is 0.712. The zero-order chi connectivity index (χ0) is 17.1. The second-order valence-electron chi connectivity index (χ2n) is 5.12. The van der Waals surface area contributed by atoms with Crippen LogP contribution in [0, 0.1) is 6.92 Å². The van der Waals surface area contributed by atoms with Gasteiger partial charge >= 0.3 is 5.97 Å². The van der Waals surface area contributed by atoms with Gasteiger partial charge in [0.1, 0.15) is 0 Å². The number of carbonyl (C=O) groups excluding carboxylic acids is 2. The number of ether oxygens (including phenoxy) is 1. The first kappa shape index (κ1) is 16.4. The zero-order valence-electron chi connectivity index (χ0n) is 12.7. The lowest BCUT2D eigenvalue weighted by atomic mass is 10.2. The van der Waals surface area contributed by atoms with Crippen LogP contribution in [0.1, 0.15) is 15.9 Å². The highest BCUT2D eigenvalue weighted by Gasteiger charge is 2.12. The largest absolute Gasteiger partial charge is 0.452 e. The van der Waals surface area contributed by atoms with Crippen molar-refractivity contribution in [3.8, 4) is 0 Å². The minimum Gasteiger partial charge on any atom is -0.452 e. The van der Waals surface area contributed by atoms with Crippen LogP contribution in [0.5, 0.6) is 0 Å². The number of amides is 1. The molecular formula is C17H13ClN2O3S. The van der Waals surface area contributed by atoms with Crippen LogP contribution >= 0.6 is 22.9 Å². The molecule has 0 fully saturated rings. The van der Waals surface area contributed by atoms with Crippen LogP contribution in [0.25, 0.3) is 10.2 Å². The van der Waals surface area contributed by atoms with E-state index in [1.807, 2.05) is 6.92 Å². The van der Waals surface area contributed by atoms with Crippen molar-refractivity contribution in [1.82, 2.24) is 4.98 Å². The Labute approximate surface area is 147 Å². The first-order valence-electron chi connectivity index (χ1n) is 7.09. The van der Waals surface area contributed by atoms with E-state index >= 15 is 0 Å². The number of nitrogens with one attached hydrogen (secondary N) is 1. The number of hydrogen-bond donors (Lipinski definition) is 1. The minimum atomic E-state index is -0.553. The molecule has 0 bridgehead atoms. The number of aromatic nitrogens is 1. The second kappa shape index (κ2) is 6.98. The highest BCUT2D eigenvalue weighted by atomic mass is 35.5. The number of nitrogens with zero attached hydrogens (tertiary/aromatic N) is 1. The van der Waals surface area contributed by atoms with Gasteiger partial charge in [-0.25, -0.2) is 9.78 Å². The van der Waals surface area contributed by atoms with E-state index < -0.39 is 11.9 Å². The average molecular weight is 361 g/mol. The highest BCUT2D eigenvalue weighted by Crippen LogP contribution is 2.21. The van der Waals surface area contributed by atoms with E-state index in [9.17, 15) is 9.59 Å². The Balaban J connectivity index is 1.58. The lowest BCUT2D eigenvalue weighted by molar-refractivity contribution is -0.119. The van der Waals surface area contributed by atoms with E-state index in [0.717, 1.165) is 15.8 Å². The van der Waals surface area contributed by atoms with E-state index in [1.165, 1.54) is 11.3 Å². The fourth-order valence-corrected chi connectivity index (χ4v) is 2.96. The zero-order valence-corrected chi connectivity index (χ0v) is 14.3. The molecule has 2 aromatic carbocycles. The molecule has 0 saturated heterocycles. The molecule has 0 unspecified atom stereocenters. The summed E-state index contributed by atoms with van der Waals surface area (Å²) < 4.78 is 5.93. The van der Waals surface area contributed by atoms with E-state index in [2.05, 4.69) is 10.3 Å². The first-order valence-corrected chi connectivity index (χ1v) is 8.35. The van der Waals surface area contributed by atoms with E-state index in [1.54, 1.807) is 41.9 Å². The number of halogens is 1. The van der Waals surface area contributed by atoms with Crippen molar-refractivity contribution in [1.29, 1.82) is 0 Å². The molecule has 5 nitrogen and oxygen atoms in total. The van der Waals surface area contributed by atoms with Gasteiger partial charge in [0.25, 0.3) is 5.91 Å². The number of esters is 1. The molecule has 0 aliphatic rings. The maximum absolute atomic E-state index is 12.0. The summed E-state index contributed by atoms with van der Waals surface area (Å²) in [5.41, 5.74) is 4.39. The molecule has 3 aromatic rings. The SMILES string of the molecule is Cc1ccc(NC(=O)COC(=O)c2ccc3ncsc3c2)cc1Cl. The van der Waals surface area contributed by atoms with Crippen LogP contribution in [0.2, 0.25) is 5.02 Å². The molecule has 0 saturated carbocycles. The van der Waals surface area contributed by atoms with E-state index in [0.29, 0.717) is 16.3 Å². The lowest BCUT2D eigenvalue weighted by Gasteiger charge is -2.08. The van der Waals surface area contributed by atoms with Crippen molar-refractivity contribution in [2.24, 2.45) is 0 Å². The topological polar surface area (TPSA) is 68.3 Å². The third kappa shape index (κ3) is 3.72. The van der Waals surface area contributed by atoms with Crippen LogP contribution in [0.15, 0.2) is 41.9 Å². The van der Waals surface area contributed by atoms with Gasteiger partial charge in [-0.15, -0.1) is 11.3 Å². The van der Waals surface area contributed by atoms with Crippen molar-refractivity contribution in [2.45, 2.75) is 6.92 Å². The molecule has 0 radical (unpaired) electrons. The smallest absolute Gasteiger partial charge is 0.338 e. The molecule has 7 heteroatoms. The lowest BCUT2D eigenvalue weighted by Crippen LogP contribution is -2.20. The van der Waals surface area contributed by atoms with Crippen molar-refractivity contribution < 1.29 is 14.3 Å². The number of carbonyl (C=O) groups is 2. The van der Waals surface area contributed by atoms with Gasteiger partial charge in [-0.05, 0) is 42.8 Å². The number of hydrogen-bond acceptors (Lipinski definition) is 5. The third-order valence-corrected chi connectivity index (χ3v) is 4.56. The average Bonchev–Trinajstić information content (AvgIpc) is 3.03. The summed E-state index contributed by atoms with van der Waals surface area (Å²) >= 11 is 7.44. The van der Waals surface area contributed by atoms with Crippen molar-refractivity contribution >= 4 is 50.7 Å². The van der Waals surface area contributed by atoms with Crippen LogP contribution in [0.4, 0.5) is 5.69 Å². The van der Waals surface area contributed by atoms with E-state index in [-0.39, 0.29) is 6.61 Å². The summed E-state index contributed by atoms with van der Waals surface area (Å²) in [6, 6.07) is 10.3. The number of anilines is 1. The monoisotopic (exact) mass is 360 g/mol. The van der Waals surface area contributed by atoms with Crippen LogP contribution in [-0.2, 0) is 9.53 Å². The van der Waals surface area contributed by atoms with Gasteiger partial charge in [0.2, 0.25) is 0 Å². The Kier molecular flexibility index (Phi) is 4.78. The van der Waals surface area contributed by atoms with Gasteiger partial charge in [0, 0.05) is 10.7 Å². The van der Waals surface area contributed by atoms with Crippen LogP contribution < -0.4 is 5.32 Å². The Hall–Kier alpha value is -2.44. The molecule has 1 aromatic heterocycles. The Morgan fingerprint density at radius 2 is 2.08 bits per heavy atom. The Morgan fingerprint density at radius 3 is 2.88 bits per heavy atom. The summed E-state index contributed by atoms with van der Waals surface area (Å²) in [5.74, 6) is -0.982. The van der Waals surface area contributed by atoms with Crippen molar-refractivity contribution in [3.63, 3.8) is 0 Å². The van der Waals surface area contributed by atoms with Crippen LogP contribution in [-0.4, -0.2) is 23.5 Å². The van der Waals surface area contributed by atoms with Gasteiger partial charge in [-0.1, -0.05) is 17.7 Å². The predicted molar refractivity (Wildman–Crippen MR) is 94.7 cm³/mol. The molecule has 0 spiro atoms. The molecule has 1 heterocycles. The van der Waals surface area contributed by atoms with Gasteiger partial charge in [-0.2, -0.15) is 0 Å². The summed E-state index contributed by atoms with van der Waals surface area (Å²) in [7, 11) is 0. The van der Waals surface area contributed by atoms with Crippen molar-refractivity contribution in [3.05, 3.63) is 58.1 Å². The van der Waals surface area contributed by atoms with Gasteiger partial charge in [-0.3, -0.25) is 4.79 Å². The number of rotatable bonds is 4. The molecular weight excluding hydrogens is 348 g/mol. The molecule has 1 amide bonds. The standard InChI is InChI=1S/C17H13ClN2O3S/c1-10-2-4-12(7-13(10)18)20-16(21)8-23-17(22)11-3-5-14-15(6-11)24-9-19-14/h2-7,9H,8H2,1H3,(H,20,21). The highest BCUT2D eigenvalue weighted by molar-refractivity contribution is 7.16. The molecule has 24 heavy (non-hydrogen) atoms. The second-order valence-corrected chi connectivity index (χ2v) is 6.42. The maximum Gasteiger partial charge on any atom is 0.338 e. The first-order chi connectivity index (χ1) is 11.5. The molecule has 3 rings (SSSR count). The van der Waals surface area contributed by atoms with Gasteiger partial charge in [0.05, 0.1) is 21.3 Å². The maximum atomic E-state index is 12.0. The van der Waals surface area contributed by atoms with Gasteiger partial charge in [0.15, 0.2) is 6.61 Å². The molecule has 0 aliphatic carbocycles. The summed E-state index contributed by atoms with van der Waals surface area (Å²) in [6.07, 6.45) is 0. The fraction of sp³-hybridized carbons (Fsp3) is 0.118. The van der Waals surface area contributed by atoms with Gasteiger partial charge < -0.3 is 10.1 Å². The fourth-order valence-electron chi connectivity index (χ4n) is 2.06. The molecule has 0 aliphatic heterocycles. The molecule has 122 valence electrons. The number of thiazole rings is 1. The Morgan fingerprint density at radius 1 is 1.25 bits per heavy atom. The third-order valence-electron chi connectivity index (χ3n) is 3.36. The predicted octanol–water partition coefficient (Wildman–Crippen LogP) is 4.05. The summed E-state index contributed by atoms with van der Waals surface area (Å²) in [5, 5.41) is 3.19. The number of aryl methyl sites for hydroxylation is 1. The minimum absolute atomic E-state index is 0.370. The molecule has 1 N–H and O–H groups in total. The Bertz CT molecular complexity index is 923. The summed E-state index contributed by atoms with van der Waals surface area (Å²) in [4.78, 5) is 28.0. The van der Waals surface area contributed by atoms with E-state index in [4.69, 9.17) is 16.3 Å². The number of benzene rings is 2. The molecule has 0 atom stereocenters. The number of fused-ring (bicyclic) bond motifs is 1. The van der Waals surface area contributed by atoms with Crippen LogP contribution in [0.3, 0.4) is 0 Å². The normalized spacial score (nSPS) is 10.6. The summed E-state index contributed by atoms with van der Waals surface area (Å²) in [6.45, 7) is 1.50.